The minimum Gasteiger partial charge on any atom is -0.353 e. The molecule has 0 bridgehead atoms. The lowest BCUT2D eigenvalue weighted by Gasteiger charge is -2.34. The summed E-state index contributed by atoms with van der Waals surface area (Å²) in [5.41, 5.74) is 2.94. The highest BCUT2D eigenvalue weighted by molar-refractivity contribution is 7.15. The Balaban J connectivity index is 1.24. The van der Waals surface area contributed by atoms with Gasteiger partial charge in [-0.25, -0.2) is 0 Å². The monoisotopic (exact) mass is 441 g/mol. The number of hydrogen-bond donors (Lipinski definition) is 1. The molecule has 1 saturated heterocycles. The second kappa shape index (κ2) is 9.65. The van der Waals surface area contributed by atoms with E-state index in [-0.39, 0.29) is 11.3 Å². The molecule has 0 spiro atoms. The lowest BCUT2D eigenvalue weighted by atomic mass is 9.87. The highest BCUT2D eigenvalue weighted by Crippen LogP contribution is 2.25. The predicted molar refractivity (Wildman–Crippen MR) is 127 cm³/mol. The van der Waals surface area contributed by atoms with Crippen LogP contribution in [0.4, 0.5) is 5.13 Å². The summed E-state index contributed by atoms with van der Waals surface area (Å²) in [5.74, 6) is 0.0805. The minimum atomic E-state index is 0.0805. The molecule has 168 valence electrons. The van der Waals surface area contributed by atoms with Gasteiger partial charge in [-0.05, 0) is 29.4 Å². The van der Waals surface area contributed by atoms with Crippen LogP contribution in [0, 0.1) is 0 Å². The quantitative estimate of drug-likeness (QED) is 0.740. The van der Waals surface area contributed by atoms with Gasteiger partial charge in [-0.15, -0.1) is 10.2 Å². The lowest BCUT2D eigenvalue weighted by molar-refractivity contribution is -0.121. The van der Waals surface area contributed by atoms with E-state index in [1.54, 1.807) is 11.3 Å². The van der Waals surface area contributed by atoms with E-state index in [1.165, 1.54) is 24.0 Å². The lowest BCUT2D eigenvalue weighted by Crippen LogP contribution is -2.45. The fourth-order valence-corrected chi connectivity index (χ4v) is 5.28. The van der Waals surface area contributed by atoms with Crippen LogP contribution < -0.4 is 10.2 Å². The first-order valence-electron chi connectivity index (χ1n) is 11.6. The molecule has 0 radical (unpaired) electrons. The van der Waals surface area contributed by atoms with Crippen molar-refractivity contribution in [1.29, 1.82) is 0 Å². The number of nitrogens with zero attached hydrogens (tertiary/aromatic N) is 4. The van der Waals surface area contributed by atoms with Gasteiger partial charge >= 0.3 is 0 Å². The summed E-state index contributed by atoms with van der Waals surface area (Å²) in [6, 6.07) is 9.41. The Hall–Kier alpha value is -1.99. The number of nitrogens with one attached hydrogen (secondary N) is 1. The average molecular weight is 442 g/mol. The highest BCUT2D eigenvalue weighted by atomic mass is 32.1. The summed E-state index contributed by atoms with van der Waals surface area (Å²) in [6.45, 7) is 11.7. The third-order valence-electron chi connectivity index (χ3n) is 6.36. The molecule has 7 heteroatoms. The molecule has 2 heterocycles. The van der Waals surface area contributed by atoms with Crippen LogP contribution in [0.5, 0.6) is 0 Å². The van der Waals surface area contributed by atoms with Gasteiger partial charge in [0.2, 0.25) is 11.0 Å². The molecule has 1 saturated carbocycles. The predicted octanol–water partition coefficient (Wildman–Crippen LogP) is 3.76. The van der Waals surface area contributed by atoms with E-state index < -0.39 is 0 Å². The van der Waals surface area contributed by atoms with Crippen LogP contribution in [0.2, 0.25) is 0 Å². The molecule has 6 nitrogen and oxygen atoms in total. The van der Waals surface area contributed by atoms with Crippen LogP contribution in [0.25, 0.3) is 0 Å². The summed E-state index contributed by atoms with van der Waals surface area (Å²) in [6.07, 6.45) is 5.01. The van der Waals surface area contributed by atoms with Crippen LogP contribution in [0.1, 0.15) is 62.6 Å². The fraction of sp³-hybridized carbons (Fsp3) is 0.625. The molecule has 1 amide bonds. The zero-order chi connectivity index (χ0) is 21.8. The van der Waals surface area contributed by atoms with Gasteiger partial charge in [0.1, 0.15) is 5.01 Å². The molecule has 1 aliphatic heterocycles. The Morgan fingerprint density at radius 1 is 1.06 bits per heavy atom. The van der Waals surface area contributed by atoms with Crippen LogP contribution in [-0.4, -0.2) is 53.2 Å². The molecule has 1 aromatic heterocycles. The number of anilines is 1. The summed E-state index contributed by atoms with van der Waals surface area (Å²) >= 11 is 1.56. The summed E-state index contributed by atoms with van der Waals surface area (Å²) < 4.78 is 0. The first-order chi connectivity index (χ1) is 14.9. The Labute approximate surface area is 190 Å². The number of carbonyl (C=O) groups excluding carboxylic acids is 1. The molecule has 2 aliphatic rings. The number of piperazine rings is 1. The van der Waals surface area contributed by atoms with Gasteiger partial charge in [-0.2, -0.15) is 0 Å². The van der Waals surface area contributed by atoms with Crippen molar-refractivity contribution in [3.63, 3.8) is 0 Å². The smallest absolute Gasteiger partial charge is 0.227 e. The van der Waals surface area contributed by atoms with Crippen LogP contribution in [0.15, 0.2) is 24.3 Å². The Morgan fingerprint density at radius 2 is 1.74 bits per heavy atom. The largest absolute Gasteiger partial charge is 0.353 e. The fourth-order valence-electron chi connectivity index (χ4n) is 4.40. The third kappa shape index (κ3) is 6.04. The topological polar surface area (TPSA) is 61.4 Å². The van der Waals surface area contributed by atoms with Crippen molar-refractivity contribution in [2.24, 2.45) is 0 Å². The van der Waals surface area contributed by atoms with Crippen molar-refractivity contribution in [3.05, 3.63) is 40.4 Å². The Morgan fingerprint density at radius 3 is 2.39 bits per heavy atom. The maximum absolute atomic E-state index is 12.3. The van der Waals surface area contributed by atoms with E-state index in [9.17, 15) is 4.79 Å². The molecule has 4 rings (SSSR count). The number of carbonyl (C=O) groups is 1. The van der Waals surface area contributed by atoms with Gasteiger partial charge in [0.15, 0.2) is 0 Å². The van der Waals surface area contributed by atoms with E-state index >= 15 is 0 Å². The van der Waals surface area contributed by atoms with Crippen molar-refractivity contribution < 1.29 is 4.79 Å². The van der Waals surface area contributed by atoms with E-state index in [2.05, 4.69) is 70.4 Å². The van der Waals surface area contributed by atoms with Crippen molar-refractivity contribution in [1.82, 2.24) is 20.4 Å². The molecule has 1 aromatic carbocycles. The van der Waals surface area contributed by atoms with E-state index in [0.717, 1.165) is 55.7 Å². The summed E-state index contributed by atoms with van der Waals surface area (Å²) in [5, 5.41) is 13.5. The van der Waals surface area contributed by atoms with E-state index in [0.29, 0.717) is 12.5 Å². The number of aromatic nitrogens is 2. The first kappa shape index (κ1) is 22.2. The summed E-state index contributed by atoms with van der Waals surface area (Å²) in [4.78, 5) is 17.1. The highest BCUT2D eigenvalue weighted by Gasteiger charge is 2.22. The maximum atomic E-state index is 12.3. The van der Waals surface area contributed by atoms with E-state index in [1.807, 2.05) is 0 Å². The number of amides is 1. The minimum absolute atomic E-state index is 0.0805. The molecule has 1 aliphatic carbocycles. The molecule has 31 heavy (non-hydrogen) atoms. The zero-order valence-corrected chi connectivity index (χ0v) is 19.9. The molecular formula is C24H35N5OS. The van der Waals surface area contributed by atoms with Crippen molar-refractivity contribution >= 4 is 22.4 Å². The Bertz CT molecular complexity index is 859. The number of rotatable bonds is 6. The molecule has 0 unspecified atom stereocenters. The Kier molecular flexibility index (Phi) is 6.92. The normalized spacial score (nSPS) is 18.5. The first-order valence-corrected chi connectivity index (χ1v) is 12.4. The molecule has 0 atom stereocenters. The second-order valence-electron chi connectivity index (χ2n) is 9.91. The number of hydrogen-bond acceptors (Lipinski definition) is 6. The molecule has 2 aromatic rings. The molecular weight excluding hydrogens is 406 g/mol. The second-order valence-corrected chi connectivity index (χ2v) is 11.0. The van der Waals surface area contributed by atoms with Gasteiger partial charge in [0.05, 0.1) is 6.42 Å². The average Bonchev–Trinajstić information content (AvgIpc) is 3.40. The third-order valence-corrected chi connectivity index (χ3v) is 7.34. The van der Waals surface area contributed by atoms with Gasteiger partial charge in [0.25, 0.3) is 0 Å². The SMILES string of the molecule is CC(C)(C)c1ccc(CN2CCN(c3nnc(CC(=O)NC4CCCC4)s3)CC2)cc1. The zero-order valence-electron chi connectivity index (χ0n) is 19.1. The summed E-state index contributed by atoms with van der Waals surface area (Å²) in [7, 11) is 0. The van der Waals surface area contributed by atoms with Crippen molar-refractivity contribution in [2.45, 2.75) is 70.9 Å². The van der Waals surface area contributed by atoms with Gasteiger partial charge in [-0.3, -0.25) is 9.69 Å². The van der Waals surface area contributed by atoms with E-state index in [4.69, 9.17) is 0 Å². The van der Waals surface area contributed by atoms with Crippen LogP contribution >= 0.6 is 11.3 Å². The van der Waals surface area contributed by atoms with Gasteiger partial charge < -0.3 is 10.2 Å². The molecule has 1 N–H and O–H groups in total. The van der Waals surface area contributed by atoms with Crippen LogP contribution in [0.3, 0.4) is 0 Å². The molecule has 2 fully saturated rings. The van der Waals surface area contributed by atoms with Crippen LogP contribution in [-0.2, 0) is 23.2 Å². The van der Waals surface area contributed by atoms with Crippen molar-refractivity contribution in [2.75, 3.05) is 31.1 Å². The standard InChI is InChI=1S/C24H35N5OS/c1-24(2,3)19-10-8-18(9-11-19)17-28-12-14-29(15-13-28)23-27-26-22(31-23)16-21(30)25-20-6-4-5-7-20/h8-11,20H,4-7,12-17H2,1-3H3,(H,25,30). The number of benzene rings is 1. The van der Waals surface area contributed by atoms with Gasteiger partial charge in [0, 0.05) is 38.8 Å². The van der Waals surface area contributed by atoms with Crippen molar-refractivity contribution in [3.8, 4) is 0 Å². The van der Waals surface area contributed by atoms with Gasteiger partial charge in [-0.1, -0.05) is 69.2 Å². The maximum Gasteiger partial charge on any atom is 0.227 e.